The number of hydrogen-bond donors (Lipinski definition) is 1. The van der Waals surface area contributed by atoms with Gasteiger partial charge in [-0.1, -0.05) is 19.3 Å². The first kappa shape index (κ1) is 19.1. The predicted octanol–water partition coefficient (Wildman–Crippen LogP) is 4.14. The molecule has 1 unspecified atom stereocenters. The van der Waals surface area contributed by atoms with Crippen LogP contribution in [0.25, 0.3) is 6.08 Å². The molecule has 1 aliphatic carbocycles. The molecule has 10 heteroatoms. The fourth-order valence-corrected chi connectivity index (χ4v) is 4.07. The molecule has 0 amide bonds. The number of aromatic amines is 1. The quantitative estimate of drug-likeness (QED) is 0.551. The van der Waals surface area contributed by atoms with Gasteiger partial charge in [0.1, 0.15) is 5.70 Å². The standard InChI is InChI=1S/C18H19F3N2O4S/c19-18(20,21)28(24,25)27-17-9-16-15(23-17)8-14-13-7-12(22-14)6-4-2-1-3-5-11(13)10-26-16/h7-9,11,22H,1-6,10H2/b15-8+. The number of hydrogen-bond acceptors (Lipinski definition) is 5. The van der Waals surface area contributed by atoms with Crippen LogP contribution in [0.2, 0.25) is 0 Å². The zero-order chi connectivity index (χ0) is 19.9. The fraction of sp³-hybridized carbons (Fsp3) is 0.500. The summed E-state index contributed by atoms with van der Waals surface area (Å²) in [6.07, 6.45) is 9.09. The van der Waals surface area contributed by atoms with Crippen LogP contribution in [-0.4, -0.2) is 31.4 Å². The van der Waals surface area contributed by atoms with Gasteiger partial charge in [-0.05, 0) is 37.0 Å². The minimum atomic E-state index is -5.78. The van der Waals surface area contributed by atoms with Gasteiger partial charge in [-0.3, -0.25) is 0 Å². The number of nitrogens with one attached hydrogen (secondary N) is 1. The Morgan fingerprint density at radius 3 is 2.75 bits per heavy atom. The topological polar surface area (TPSA) is 80.8 Å². The molecule has 3 aliphatic rings. The molecule has 0 aromatic carbocycles. The van der Waals surface area contributed by atoms with Crippen molar-refractivity contribution >= 4 is 22.1 Å². The lowest BCUT2D eigenvalue weighted by molar-refractivity contribution is -0.0504. The summed E-state index contributed by atoms with van der Waals surface area (Å²) < 4.78 is 70.1. The second-order valence-corrected chi connectivity index (χ2v) is 8.63. The Balaban J connectivity index is 1.68. The van der Waals surface area contributed by atoms with Gasteiger partial charge in [0.15, 0.2) is 5.76 Å². The van der Waals surface area contributed by atoms with E-state index in [1.165, 1.54) is 6.42 Å². The van der Waals surface area contributed by atoms with Crippen LogP contribution in [-0.2, 0) is 25.5 Å². The first-order valence-electron chi connectivity index (χ1n) is 9.11. The van der Waals surface area contributed by atoms with Crippen LogP contribution in [0.5, 0.6) is 0 Å². The van der Waals surface area contributed by atoms with Gasteiger partial charge in [-0.2, -0.15) is 21.6 Å². The maximum absolute atomic E-state index is 12.6. The molecule has 28 heavy (non-hydrogen) atoms. The molecule has 0 radical (unpaired) electrons. The molecule has 2 bridgehead atoms. The summed E-state index contributed by atoms with van der Waals surface area (Å²) in [5.41, 5.74) is -2.27. The number of halogens is 3. The van der Waals surface area contributed by atoms with Crippen molar-refractivity contribution in [2.45, 2.75) is 50.0 Å². The lowest BCUT2D eigenvalue weighted by atomic mass is 9.91. The summed E-state index contributed by atoms with van der Waals surface area (Å²) in [6, 6.07) is 2.12. The van der Waals surface area contributed by atoms with E-state index in [1.54, 1.807) is 6.08 Å². The monoisotopic (exact) mass is 416 g/mol. The van der Waals surface area contributed by atoms with Gasteiger partial charge in [-0.25, -0.2) is 4.99 Å². The SMILES string of the molecule is O=S(=O)(OC1=N/C2=C/c3[nH]c4cc3C(CCCCCC4)COC2=C1)C(F)(F)F. The number of aromatic nitrogens is 1. The van der Waals surface area contributed by atoms with Crippen LogP contribution in [0, 0.1) is 0 Å². The Morgan fingerprint density at radius 2 is 1.96 bits per heavy atom. The number of fused-ring (bicyclic) bond motifs is 2. The van der Waals surface area contributed by atoms with E-state index in [0.29, 0.717) is 6.61 Å². The average molecular weight is 416 g/mol. The minimum Gasteiger partial charge on any atom is -0.490 e. The summed E-state index contributed by atoms with van der Waals surface area (Å²) in [5.74, 6) is -0.318. The molecule has 0 saturated carbocycles. The first-order chi connectivity index (χ1) is 13.2. The summed E-state index contributed by atoms with van der Waals surface area (Å²) in [6.45, 7) is 0.336. The number of nitrogens with zero attached hydrogens (tertiary/aromatic N) is 1. The number of ether oxygens (including phenoxy) is 1. The second kappa shape index (κ2) is 6.98. The Morgan fingerprint density at radius 1 is 1.18 bits per heavy atom. The summed E-state index contributed by atoms with van der Waals surface area (Å²) in [5, 5.41) is 0. The highest BCUT2D eigenvalue weighted by Gasteiger charge is 2.49. The molecule has 1 atom stereocenters. The van der Waals surface area contributed by atoms with Gasteiger partial charge in [0.25, 0.3) is 0 Å². The fourth-order valence-electron chi connectivity index (χ4n) is 3.67. The minimum absolute atomic E-state index is 0.140. The van der Waals surface area contributed by atoms with E-state index < -0.39 is 21.5 Å². The summed E-state index contributed by atoms with van der Waals surface area (Å²) in [4.78, 5) is 7.25. The maximum atomic E-state index is 12.6. The molecular formula is C18H19F3N2O4S. The van der Waals surface area contributed by atoms with Crippen molar-refractivity contribution in [1.29, 1.82) is 0 Å². The van der Waals surface area contributed by atoms with E-state index in [1.807, 2.05) is 0 Å². The van der Waals surface area contributed by atoms with Crippen LogP contribution >= 0.6 is 0 Å². The molecule has 1 aromatic heterocycles. The van der Waals surface area contributed by atoms with Gasteiger partial charge < -0.3 is 13.9 Å². The van der Waals surface area contributed by atoms with Crippen LogP contribution < -0.4 is 0 Å². The molecule has 1 aromatic rings. The number of aliphatic imine (C=N–C) groups is 1. The van der Waals surface area contributed by atoms with Gasteiger partial charge >= 0.3 is 15.6 Å². The maximum Gasteiger partial charge on any atom is 0.534 e. The lowest BCUT2D eigenvalue weighted by Gasteiger charge is -2.21. The van der Waals surface area contributed by atoms with E-state index in [0.717, 1.165) is 55.1 Å². The summed E-state index contributed by atoms with van der Waals surface area (Å²) >= 11 is 0. The third-order valence-corrected chi connectivity index (χ3v) is 6.02. The molecule has 0 saturated heterocycles. The Hall–Kier alpha value is -2.23. The molecule has 0 spiro atoms. The van der Waals surface area contributed by atoms with Crippen molar-refractivity contribution in [3.63, 3.8) is 0 Å². The Kier molecular flexibility index (Phi) is 4.76. The first-order valence-corrected chi connectivity index (χ1v) is 10.5. The van der Waals surface area contributed by atoms with E-state index >= 15 is 0 Å². The molecule has 4 rings (SSSR count). The number of alkyl halides is 3. The van der Waals surface area contributed by atoms with Crippen molar-refractivity contribution in [2.75, 3.05) is 6.61 Å². The van der Waals surface area contributed by atoms with Gasteiger partial charge in [-0.15, -0.1) is 0 Å². The largest absolute Gasteiger partial charge is 0.534 e. The number of H-pyrrole nitrogens is 1. The Labute approximate surface area is 160 Å². The molecule has 152 valence electrons. The normalized spacial score (nSPS) is 24.5. The zero-order valence-electron chi connectivity index (χ0n) is 14.9. The molecule has 1 N–H and O–H groups in total. The lowest BCUT2D eigenvalue weighted by Crippen LogP contribution is -2.27. The molecule has 0 fully saturated rings. The van der Waals surface area contributed by atoms with Crippen molar-refractivity contribution in [1.82, 2.24) is 4.98 Å². The van der Waals surface area contributed by atoms with Crippen molar-refractivity contribution in [3.8, 4) is 0 Å². The summed E-state index contributed by atoms with van der Waals surface area (Å²) in [7, 11) is -5.78. The predicted molar refractivity (Wildman–Crippen MR) is 95.8 cm³/mol. The highest BCUT2D eigenvalue weighted by atomic mass is 32.2. The highest BCUT2D eigenvalue weighted by molar-refractivity contribution is 7.88. The molecular weight excluding hydrogens is 397 g/mol. The average Bonchev–Trinajstić information content (AvgIpc) is 3.14. The Bertz CT molecular complexity index is 973. The van der Waals surface area contributed by atoms with E-state index in [-0.39, 0.29) is 17.4 Å². The molecule has 6 nitrogen and oxygen atoms in total. The van der Waals surface area contributed by atoms with Crippen molar-refractivity contribution < 1.29 is 30.5 Å². The number of rotatable bonds is 1. The zero-order valence-corrected chi connectivity index (χ0v) is 15.7. The smallest absolute Gasteiger partial charge is 0.490 e. The van der Waals surface area contributed by atoms with Crippen molar-refractivity contribution in [2.24, 2.45) is 4.99 Å². The number of aryl methyl sites for hydroxylation is 1. The van der Waals surface area contributed by atoms with Gasteiger partial charge in [0, 0.05) is 23.4 Å². The third kappa shape index (κ3) is 3.69. The molecule has 3 heterocycles. The van der Waals surface area contributed by atoms with Gasteiger partial charge in [0.05, 0.1) is 6.61 Å². The van der Waals surface area contributed by atoms with Crippen LogP contribution in [0.4, 0.5) is 13.2 Å². The van der Waals surface area contributed by atoms with Crippen molar-refractivity contribution in [3.05, 3.63) is 40.5 Å². The van der Waals surface area contributed by atoms with E-state index in [2.05, 4.69) is 20.2 Å². The third-order valence-electron chi connectivity index (χ3n) is 5.06. The highest BCUT2D eigenvalue weighted by Crippen LogP contribution is 2.36. The molecule has 2 aliphatic heterocycles. The van der Waals surface area contributed by atoms with Crippen LogP contribution in [0.3, 0.4) is 0 Å². The van der Waals surface area contributed by atoms with Crippen LogP contribution in [0.1, 0.15) is 55.0 Å². The van der Waals surface area contributed by atoms with E-state index in [9.17, 15) is 21.6 Å². The van der Waals surface area contributed by atoms with E-state index in [4.69, 9.17) is 4.74 Å². The van der Waals surface area contributed by atoms with Crippen LogP contribution in [0.15, 0.2) is 28.6 Å². The second-order valence-electron chi connectivity index (χ2n) is 7.10. The van der Waals surface area contributed by atoms with Gasteiger partial charge in [0.2, 0.25) is 5.90 Å².